The first-order valence-corrected chi connectivity index (χ1v) is 16.1. The number of rotatable bonds is 3. The van der Waals surface area contributed by atoms with Gasteiger partial charge in [-0.3, -0.25) is 0 Å². The highest BCUT2D eigenvalue weighted by Gasteiger charge is 2.40. The summed E-state index contributed by atoms with van der Waals surface area (Å²) in [4.78, 5) is 0. The van der Waals surface area contributed by atoms with Gasteiger partial charge in [0.15, 0.2) is 0 Å². The molecular formula is C44H27BO2. The van der Waals surface area contributed by atoms with Gasteiger partial charge in [-0.2, -0.15) is 0 Å². The second kappa shape index (κ2) is 10.2. The summed E-state index contributed by atoms with van der Waals surface area (Å²) in [5.41, 5.74) is 10.6. The molecule has 2 aliphatic heterocycles. The first-order chi connectivity index (χ1) is 23.3. The Morgan fingerprint density at radius 1 is 0.319 bits per heavy atom. The molecule has 8 aromatic carbocycles. The van der Waals surface area contributed by atoms with Gasteiger partial charge in [-0.1, -0.05) is 133 Å². The maximum atomic E-state index is 6.69. The highest BCUT2D eigenvalue weighted by Crippen LogP contribution is 2.46. The lowest BCUT2D eigenvalue weighted by Crippen LogP contribution is -2.57. The zero-order chi connectivity index (χ0) is 30.9. The number of para-hydroxylation sites is 2. The van der Waals surface area contributed by atoms with E-state index in [-0.39, 0.29) is 6.71 Å². The minimum absolute atomic E-state index is 0.0525. The topological polar surface area (TPSA) is 18.5 Å². The van der Waals surface area contributed by atoms with Crippen molar-refractivity contribution >= 4 is 44.6 Å². The van der Waals surface area contributed by atoms with E-state index in [4.69, 9.17) is 9.47 Å². The maximum Gasteiger partial charge on any atom is 0.260 e. The molecule has 0 saturated heterocycles. The average Bonchev–Trinajstić information content (AvgIpc) is 3.14. The maximum absolute atomic E-state index is 6.69. The Balaban J connectivity index is 1.24. The fourth-order valence-corrected chi connectivity index (χ4v) is 7.77. The third kappa shape index (κ3) is 4.00. The summed E-state index contributed by atoms with van der Waals surface area (Å²) in [6, 6.07) is 58.4. The Hall–Kier alpha value is -6.06. The molecular weight excluding hydrogens is 571 g/mol. The molecule has 2 nitrogen and oxygen atoms in total. The van der Waals surface area contributed by atoms with Crippen molar-refractivity contribution in [2.45, 2.75) is 0 Å². The standard InChI is InChI=1S/C44H27BO2/c1-2-13-28(14-3-1)29-15-12-16-30(25-29)42-32-17-4-6-19-34(32)43(35-20-7-5-18-33(35)42)31-26-40-44-41(27-31)47-39-24-11-9-22-37(39)45(44)36-21-8-10-23-38(36)46-40/h1-27H. The van der Waals surface area contributed by atoms with Crippen LogP contribution in [0.15, 0.2) is 164 Å². The SMILES string of the molecule is c1ccc(-c2cccc(-c3c4ccccc4c(-c4cc5c6c(c4)Oc4ccccc4B6c4ccccc4O5)c4ccccc34)c2)cc1. The first-order valence-electron chi connectivity index (χ1n) is 16.1. The minimum Gasteiger partial charge on any atom is -0.458 e. The van der Waals surface area contributed by atoms with Crippen LogP contribution in [0.3, 0.4) is 0 Å². The van der Waals surface area contributed by atoms with Crippen LogP contribution in [0.5, 0.6) is 23.0 Å². The quantitative estimate of drug-likeness (QED) is 0.149. The molecule has 47 heavy (non-hydrogen) atoms. The lowest BCUT2D eigenvalue weighted by Gasteiger charge is -2.33. The number of fused-ring (bicyclic) bond motifs is 6. The van der Waals surface area contributed by atoms with E-state index in [0.717, 1.165) is 34.0 Å². The van der Waals surface area contributed by atoms with Crippen LogP contribution in [0.4, 0.5) is 0 Å². The van der Waals surface area contributed by atoms with E-state index in [1.807, 2.05) is 12.1 Å². The second-order valence-corrected chi connectivity index (χ2v) is 12.4. The van der Waals surface area contributed by atoms with Crippen LogP contribution in [0, 0.1) is 0 Å². The smallest absolute Gasteiger partial charge is 0.260 e. The minimum atomic E-state index is 0.0525. The Morgan fingerprint density at radius 2 is 0.766 bits per heavy atom. The Kier molecular flexibility index (Phi) is 5.70. The molecule has 218 valence electrons. The summed E-state index contributed by atoms with van der Waals surface area (Å²) < 4.78 is 13.4. The molecule has 2 aliphatic rings. The van der Waals surface area contributed by atoms with Gasteiger partial charge < -0.3 is 9.47 Å². The van der Waals surface area contributed by atoms with E-state index in [2.05, 4.69) is 152 Å². The predicted octanol–water partition coefficient (Wildman–Crippen LogP) is 9.72. The number of benzene rings is 8. The molecule has 10 rings (SSSR count). The van der Waals surface area contributed by atoms with E-state index in [1.165, 1.54) is 60.3 Å². The highest BCUT2D eigenvalue weighted by atomic mass is 16.5. The van der Waals surface area contributed by atoms with Crippen LogP contribution in [0.1, 0.15) is 0 Å². The molecule has 0 unspecified atom stereocenters. The molecule has 0 aliphatic carbocycles. The van der Waals surface area contributed by atoms with Crippen molar-refractivity contribution in [2.75, 3.05) is 0 Å². The molecule has 0 fully saturated rings. The van der Waals surface area contributed by atoms with Gasteiger partial charge in [0.1, 0.15) is 23.0 Å². The first kappa shape index (κ1) is 26.2. The van der Waals surface area contributed by atoms with Gasteiger partial charge in [-0.25, -0.2) is 0 Å². The van der Waals surface area contributed by atoms with Crippen molar-refractivity contribution in [2.24, 2.45) is 0 Å². The normalized spacial score (nSPS) is 12.6. The van der Waals surface area contributed by atoms with Gasteiger partial charge in [0, 0.05) is 5.46 Å². The van der Waals surface area contributed by atoms with Crippen LogP contribution < -0.4 is 25.9 Å². The lowest BCUT2D eigenvalue weighted by atomic mass is 9.35. The van der Waals surface area contributed by atoms with E-state index < -0.39 is 0 Å². The monoisotopic (exact) mass is 598 g/mol. The summed E-state index contributed by atoms with van der Waals surface area (Å²) in [6.45, 7) is 0.0525. The Bertz CT molecular complexity index is 2410. The number of hydrogen-bond donors (Lipinski definition) is 0. The largest absolute Gasteiger partial charge is 0.458 e. The van der Waals surface area contributed by atoms with Gasteiger partial charge in [-0.15, -0.1) is 0 Å². The average molecular weight is 599 g/mol. The van der Waals surface area contributed by atoms with Gasteiger partial charge >= 0.3 is 0 Å². The predicted molar refractivity (Wildman–Crippen MR) is 195 cm³/mol. The molecule has 0 saturated carbocycles. The second-order valence-electron chi connectivity index (χ2n) is 12.4. The van der Waals surface area contributed by atoms with Crippen LogP contribution in [-0.2, 0) is 0 Å². The van der Waals surface area contributed by atoms with Gasteiger partial charge in [-0.05, 0) is 96.2 Å². The highest BCUT2D eigenvalue weighted by molar-refractivity contribution is 6.98. The van der Waals surface area contributed by atoms with E-state index in [9.17, 15) is 0 Å². The number of ether oxygens (including phenoxy) is 2. The molecule has 3 heteroatoms. The van der Waals surface area contributed by atoms with E-state index in [1.54, 1.807) is 0 Å². The zero-order valence-electron chi connectivity index (χ0n) is 25.5. The third-order valence-electron chi connectivity index (χ3n) is 9.77. The Labute approximate surface area is 273 Å². The van der Waals surface area contributed by atoms with Crippen molar-refractivity contribution < 1.29 is 9.47 Å². The third-order valence-corrected chi connectivity index (χ3v) is 9.77. The van der Waals surface area contributed by atoms with Crippen molar-refractivity contribution in [1.82, 2.24) is 0 Å². The Morgan fingerprint density at radius 3 is 1.34 bits per heavy atom. The molecule has 0 radical (unpaired) electrons. The molecule has 0 bridgehead atoms. The molecule has 0 amide bonds. The van der Waals surface area contributed by atoms with Crippen LogP contribution in [0.2, 0.25) is 0 Å². The van der Waals surface area contributed by atoms with E-state index in [0.29, 0.717) is 0 Å². The zero-order valence-corrected chi connectivity index (χ0v) is 25.5. The molecule has 0 aromatic heterocycles. The summed E-state index contributed by atoms with van der Waals surface area (Å²) in [6.07, 6.45) is 0. The van der Waals surface area contributed by atoms with Gasteiger partial charge in [0.05, 0.1) is 0 Å². The lowest BCUT2D eigenvalue weighted by molar-refractivity contribution is 0.465. The molecule has 0 atom stereocenters. The van der Waals surface area contributed by atoms with Crippen LogP contribution >= 0.6 is 0 Å². The van der Waals surface area contributed by atoms with E-state index >= 15 is 0 Å². The van der Waals surface area contributed by atoms with Crippen LogP contribution in [-0.4, -0.2) is 6.71 Å². The van der Waals surface area contributed by atoms with Crippen molar-refractivity contribution in [1.29, 1.82) is 0 Å². The van der Waals surface area contributed by atoms with Crippen molar-refractivity contribution in [3.63, 3.8) is 0 Å². The van der Waals surface area contributed by atoms with Crippen molar-refractivity contribution in [3.8, 4) is 56.4 Å². The summed E-state index contributed by atoms with van der Waals surface area (Å²) in [5.74, 6) is 3.49. The van der Waals surface area contributed by atoms with Crippen LogP contribution in [0.25, 0.3) is 54.9 Å². The summed E-state index contributed by atoms with van der Waals surface area (Å²) in [7, 11) is 0. The summed E-state index contributed by atoms with van der Waals surface area (Å²) >= 11 is 0. The van der Waals surface area contributed by atoms with Crippen molar-refractivity contribution in [3.05, 3.63) is 164 Å². The van der Waals surface area contributed by atoms with Gasteiger partial charge in [0.25, 0.3) is 6.71 Å². The number of hydrogen-bond acceptors (Lipinski definition) is 2. The molecule has 0 N–H and O–H groups in total. The summed E-state index contributed by atoms with van der Waals surface area (Å²) in [5, 5.41) is 4.83. The molecule has 0 spiro atoms. The van der Waals surface area contributed by atoms with Gasteiger partial charge in [0.2, 0.25) is 0 Å². The fraction of sp³-hybridized carbons (Fsp3) is 0. The molecule has 2 heterocycles. The molecule has 8 aromatic rings. The fourth-order valence-electron chi connectivity index (χ4n) is 7.77.